The van der Waals surface area contributed by atoms with Gasteiger partial charge in [-0.3, -0.25) is 9.69 Å². The molecule has 188 valence electrons. The molecular weight excluding hydrogens is 476 g/mol. The Labute approximate surface area is 209 Å². The molecule has 1 saturated heterocycles. The second kappa shape index (κ2) is 11.7. The van der Waals surface area contributed by atoms with E-state index in [1.165, 1.54) is 18.2 Å². The highest BCUT2D eigenvalue weighted by molar-refractivity contribution is 6.04. The van der Waals surface area contributed by atoms with Crippen LogP contribution in [0.25, 0.3) is 11.3 Å². The predicted molar refractivity (Wildman–Crippen MR) is 133 cm³/mol. The highest BCUT2D eigenvalue weighted by atomic mass is 35.5. The zero-order valence-electron chi connectivity index (χ0n) is 19.4. The number of aryl methyl sites for hydroxylation is 1. The first-order chi connectivity index (χ1) is 16.1. The van der Waals surface area contributed by atoms with Gasteiger partial charge in [0.2, 0.25) is 0 Å². The molecule has 2 aliphatic rings. The molecule has 3 aromatic rings. The summed E-state index contributed by atoms with van der Waals surface area (Å²) in [5, 5.41) is 4.03. The average molecular weight is 506 g/mol. The number of fused-ring (bicyclic) bond motifs is 1. The fraction of sp³-hybridized carbons (Fsp3) is 0.385. The SMILES string of the molecule is Cl.O.O=C1c2c(-c3ccccc3F)noc2CCC1CCCN1CCN(c2ccc(F)cc2)CC1. The van der Waals surface area contributed by atoms with Crippen molar-refractivity contribution in [2.45, 2.75) is 25.7 Å². The fourth-order valence-corrected chi connectivity index (χ4v) is 4.94. The molecule has 5 rings (SSSR count). The summed E-state index contributed by atoms with van der Waals surface area (Å²) in [4.78, 5) is 17.9. The van der Waals surface area contributed by atoms with E-state index in [9.17, 15) is 13.6 Å². The molecule has 0 radical (unpaired) electrons. The first kappa shape index (κ1) is 26.8. The van der Waals surface area contributed by atoms with Gasteiger partial charge >= 0.3 is 0 Å². The molecule has 35 heavy (non-hydrogen) atoms. The average Bonchev–Trinajstić information content (AvgIpc) is 3.27. The Morgan fingerprint density at radius 1 is 1.00 bits per heavy atom. The quantitative estimate of drug-likeness (QED) is 0.490. The predicted octanol–water partition coefficient (Wildman–Crippen LogP) is 4.56. The van der Waals surface area contributed by atoms with Gasteiger partial charge in [0.15, 0.2) is 5.78 Å². The van der Waals surface area contributed by atoms with Gasteiger partial charge in [0.25, 0.3) is 0 Å². The van der Waals surface area contributed by atoms with Crippen LogP contribution < -0.4 is 4.90 Å². The lowest BCUT2D eigenvalue weighted by atomic mass is 9.82. The second-order valence-corrected chi connectivity index (χ2v) is 8.86. The van der Waals surface area contributed by atoms with Crippen LogP contribution in [0.3, 0.4) is 0 Å². The lowest BCUT2D eigenvalue weighted by Gasteiger charge is -2.36. The summed E-state index contributed by atoms with van der Waals surface area (Å²) in [6.07, 6.45) is 3.14. The Morgan fingerprint density at radius 3 is 2.43 bits per heavy atom. The first-order valence-electron chi connectivity index (χ1n) is 11.6. The summed E-state index contributed by atoms with van der Waals surface area (Å²) in [5.74, 6) is -0.0940. The first-order valence-corrected chi connectivity index (χ1v) is 11.6. The maximum atomic E-state index is 14.3. The Kier molecular flexibility index (Phi) is 8.99. The van der Waals surface area contributed by atoms with Crippen LogP contribution in [-0.2, 0) is 6.42 Å². The summed E-state index contributed by atoms with van der Waals surface area (Å²) in [5.41, 5.74) is 2.16. The minimum absolute atomic E-state index is 0. The smallest absolute Gasteiger partial charge is 0.171 e. The molecule has 1 aliphatic carbocycles. The van der Waals surface area contributed by atoms with Crippen molar-refractivity contribution in [3.05, 3.63) is 71.5 Å². The van der Waals surface area contributed by atoms with E-state index in [-0.39, 0.29) is 35.4 Å². The Hall–Kier alpha value is -2.81. The lowest BCUT2D eigenvalue weighted by Crippen LogP contribution is -2.46. The zero-order valence-corrected chi connectivity index (χ0v) is 20.2. The third kappa shape index (κ3) is 5.72. The van der Waals surface area contributed by atoms with Crippen molar-refractivity contribution in [3.8, 4) is 11.3 Å². The number of carbonyl (C=O) groups is 1. The van der Waals surface area contributed by atoms with Crippen molar-refractivity contribution in [2.24, 2.45) is 5.92 Å². The number of ketones is 1. The van der Waals surface area contributed by atoms with Crippen molar-refractivity contribution in [1.29, 1.82) is 0 Å². The number of hydrogen-bond acceptors (Lipinski definition) is 5. The number of anilines is 1. The number of carbonyl (C=O) groups excluding carboxylic acids is 1. The van der Waals surface area contributed by atoms with Gasteiger partial charge in [-0.2, -0.15) is 0 Å². The van der Waals surface area contributed by atoms with Crippen molar-refractivity contribution in [1.82, 2.24) is 10.1 Å². The Balaban J connectivity index is 0.00000171. The van der Waals surface area contributed by atoms with Crippen LogP contribution in [0.5, 0.6) is 0 Å². The summed E-state index contributed by atoms with van der Waals surface area (Å²) >= 11 is 0. The van der Waals surface area contributed by atoms with Crippen LogP contribution in [0.2, 0.25) is 0 Å². The van der Waals surface area contributed by atoms with E-state index in [0.717, 1.165) is 57.7 Å². The number of aromatic nitrogens is 1. The van der Waals surface area contributed by atoms with Crippen LogP contribution in [0.1, 0.15) is 35.4 Å². The molecule has 1 aromatic heterocycles. The van der Waals surface area contributed by atoms with Gasteiger partial charge < -0.3 is 14.9 Å². The van der Waals surface area contributed by atoms with Crippen LogP contribution in [0.15, 0.2) is 53.1 Å². The summed E-state index contributed by atoms with van der Waals surface area (Å²) in [6.45, 7) is 4.65. The summed E-state index contributed by atoms with van der Waals surface area (Å²) < 4.78 is 32.8. The number of benzene rings is 2. The third-order valence-electron chi connectivity index (χ3n) is 6.82. The van der Waals surface area contributed by atoms with Crippen molar-refractivity contribution in [2.75, 3.05) is 37.6 Å². The minimum Gasteiger partial charge on any atom is -0.412 e. The van der Waals surface area contributed by atoms with Crippen LogP contribution in [0, 0.1) is 17.6 Å². The normalized spacial score (nSPS) is 17.9. The molecular formula is C26H30ClF2N3O3. The third-order valence-corrected chi connectivity index (χ3v) is 6.82. The molecule has 9 heteroatoms. The second-order valence-electron chi connectivity index (χ2n) is 8.86. The molecule has 0 bridgehead atoms. The molecule has 1 unspecified atom stereocenters. The molecule has 0 saturated carbocycles. The molecule has 1 atom stereocenters. The van der Waals surface area contributed by atoms with Gasteiger partial charge in [0, 0.05) is 49.8 Å². The molecule has 6 nitrogen and oxygen atoms in total. The minimum atomic E-state index is -0.400. The van der Waals surface area contributed by atoms with Gasteiger partial charge in [-0.1, -0.05) is 17.3 Å². The van der Waals surface area contributed by atoms with E-state index in [0.29, 0.717) is 29.0 Å². The largest absolute Gasteiger partial charge is 0.412 e. The topological polar surface area (TPSA) is 81.1 Å². The molecule has 1 fully saturated rings. The van der Waals surface area contributed by atoms with E-state index in [2.05, 4.69) is 15.0 Å². The monoisotopic (exact) mass is 505 g/mol. The van der Waals surface area contributed by atoms with Gasteiger partial charge in [-0.15, -0.1) is 12.4 Å². The van der Waals surface area contributed by atoms with E-state index in [1.807, 2.05) is 12.1 Å². The number of rotatable bonds is 6. The van der Waals surface area contributed by atoms with Crippen LogP contribution in [-0.4, -0.2) is 54.0 Å². The standard InChI is InChI=1S/C26H27F2N3O2.ClH.H2O/c27-19-8-10-20(11-9-19)31-16-14-30(15-17-31)13-3-4-18-7-12-23-24(26(18)32)25(29-33-23)21-5-1-2-6-22(21)28;;/h1-2,5-6,8-11,18H,3-4,7,12-17H2;1H;1H2. The van der Waals surface area contributed by atoms with E-state index < -0.39 is 5.82 Å². The van der Waals surface area contributed by atoms with E-state index in [1.54, 1.807) is 18.2 Å². The van der Waals surface area contributed by atoms with Gasteiger partial charge in [0.1, 0.15) is 23.1 Å². The molecule has 0 amide bonds. The van der Waals surface area contributed by atoms with E-state index >= 15 is 0 Å². The number of Topliss-reactive ketones (excluding diaryl/α,β-unsaturated/α-hetero) is 1. The Morgan fingerprint density at radius 2 is 1.71 bits per heavy atom. The molecule has 2 aromatic carbocycles. The van der Waals surface area contributed by atoms with Gasteiger partial charge in [0.05, 0.1) is 5.56 Å². The maximum Gasteiger partial charge on any atom is 0.171 e. The molecule has 1 aliphatic heterocycles. The number of piperazine rings is 1. The van der Waals surface area contributed by atoms with Crippen molar-refractivity contribution in [3.63, 3.8) is 0 Å². The highest BCUT2D eigenvalue weighted by Crippen LogP contribution is 2.36. The van der Waals surface area contributed by atoms with Gasteiger partial charge in [-0.05, 0) is 62.2 Å². The van der Waals surface area contributed by atoms with Gasteiger partial charge in [-0.25, -0.2) is 8.78 Å². The summed E-state index contributed by atoms with van der Waals surface area (Å²) in [6, 6.07) is 13.0. The highest BCUT2D eigenvalue weighted by Gasteiger charge is 2.34. The van der Waals surface area contributed by atoms with Crippen molar-refractivity contribution >= 4 is 23.9 Å². The number of nitrogens with zero attached hydrogens (tertiary/aromatic N) is 3. The number of halogens is 3. The van der Waals surface area contributed by atoms with E-state index in [4.69, 9.17) is 4.52 Å². The van der Waals surface area contributed by atoms with Crippen LogP contribution >= 0.6 is 12.4 Å². The fourth-order valence-electron chi connectivity index (χ4n) is 4.94. The Bertz CT molecular complexity index is 1130. The van der Waals surface area contributed by atoms with Crippen molar-refractivity contribution < 1.29 is 23.6 Å². The zero-order chi connectivity index (χ0) is 22.8. The summed E-state index contributed by atoms with van der Waals surface area (Å²) in [7, 11) is 0. The molecule has 0 spiro atoms. The molecule has 2 heterocycles. The lowest BCUT2D eigenvalue weighted by molar-refractivity contribution is 0.0884. The maximum absolute atomic E-state index is 14.3. The van der Waals surface area contributed by atoms with Crippen LogP contribution in [0.4, 0.5) is 14.5 Å². The number of hydrogen-bond donors (Lipinski definition) is 0. The molecule has 2 N–H and O–H groups in total.